The van der Waals surface area contributed by atoms with E-state index in [0.29, 0.717) is 12.1 Å². The quantitative estimate of drug-likeness (QED) is 0.717. The van der Waals surface area contributed by atoms with Crippen LogP contribution in [0.5, 0.6) is 0 Å². The van der Waals surface area contributed by atoms with Gasteiger partial charge in [-0.25, -0.2) is 0 Å². The SMILES string of the molecule is CN(C)C(CNC(=O)c1cc(C(F)(F)F)cc(C(F)(F)F)c1)c1ccsc1. The Morgan fingerprint density at radius 3 is 2.04 bits per heavy atom. The van der Waals surface area contributed by atoms with Gasteiger partial charge in [0.2, 0.25) is 0 Å². The van der Waals surface area contributed by atoms with Gasteiger partial charge in [-0.2, -0.15) is 37.7 Å². The van der Waals surface area contributed by atoms with Gasteiger partial charge in [0.25, 0.3) is 5.91 Å². The molecular weight excluding hydrogens is 394 g/mol. The van der Waals surface area contributed by atoms with E-state index in [0.717, 1.165) is 5.56 Å². The smallest absolute Gasteiger partial charge is 0.350 e. The van der Waals surface area contributed by atoms with Crippen molar-refractivity contribution in [2.45, 2.75) is 18.4 Å². The molecule has 1 aromatic carbocycles. The number of alkyl halides is 6. The summed E-state index contributed by atoms with van der Waals surface area (Å²) in [5, 5.41) is 6.09. The fraction of sp³-hybridized carbons (Fsp3) is 0.353. The first kappa shape index (κ1) is 21.2. The van der Waals surface area contributed by atoms with Crippen LogP contribution in [0.2, 0.25) is 0 Å². The van der Waals surface area contributed by atoms with E-state index >= 15 is 0 Å². The highest BCUT2D eigenvalue weighted by molar-refractivity contribution is 7.07. The van der Waals surface area contributed by atoms with Crippen molar-refractivity contribution in [1.82, 2.24) is 10.2 Å². The molecule has 3 nitrogen and oxygen atoms in total. The highest BCUT2D eigenvalue weighted by Gasteiger charge is 2.37. The number of nitrogens with zero attached hydrogens (tertiary/aromatic N) is 1. The zero-order valence-corrected chi connectivity index (χ0v) is 15.1. The third-order valence-electron chi connectivity index (χ3n) is 3.86. The summed E-state index contributed by atoms with van der Waals surface area (Å²) in [6.07, 6.45) is -10.0. The van der Waals surface area contributed by atoms with Crippen molar-refractivity contribution in [3.63, 3.8) is 0 Å². The van der Waals surface area contributed by atoms with Crippen molar-refractivity contribution in [1.29, 1.82) is 0 Å². The van der Waals surface area contributed by atoms with E-state index in [9.17, 15) is 31.1 Å². The van der Waals surface area contributed by atoms with Gasteiger partial charge in [-0.15, -0.1) is 0 Å². The number of rotatable bonds is 5. The number of benzene rings is 1. The molecule has 0 aliphatic carbocycles. The molecule has 0 bridgehead atoms. The molecule has 0 saturated heterocycles. The van der Waals surface area contributed by atoms with Crippen molar-refractivity contribution in [3.8, 4) is 0 Å². The standard InChI is InChI=1S/C17H16F6N2OS/c1-25(2)14(10-3-4-27-9-10)8-24-15(26)11-5-12(16(18,19)20)7-13(6-11)17(21,22)23/h3-7,9,14H,8H2,1-2H3,(H,24,26). The number of hydrogen-bond acceptors (Lipinski definition) is 3. The summed E-state index contributed by atoms with van der Waals surface area (Å²) < 4.78 is 77.4. The highest BCUT2D eigenvalue weighted by Crippen LogP contribution is 2.36. The molecule has 1 aromatic heterocycles. The zero-order chi connectivity index (χ0) is 20.4. The minimum atomic E-state index is -5.00. The number of amides is 1. The maximum atomic E-state index is 12.9. The van der Waals surface area contributed by atoms with Crippen LogP contribution in [0.15, 0.2) is 35.0 Å². The predicted octanol–water partition coefficient (Wildman–Crippen LogP) is 4.82. The maximum Gasteiger partial charge on any atom is 0.416 e. The Balaban J connectivity index is 2.27. The number of carbonyl (C=O) groups excluding carboxylic acids is 1. The maximum absolute atomic E-state index is 12.9. The predicted molar refractivity (Wildman–Crippen MR) is 89.5 cm³/mol. The molecule has 0 saturated carbocycles. The van der Waals surface area contributed by atoms with Crippen molar-refractivity contribution < 1.29 is 31.1 Å². The Morgan fingerprint density at radius 1 is 1.07 bits per heavy atom. The molecule has 0 radical (unpaired) electrons. The van der Waals surface area contributed by atoms with Crippen LogP contribution in [0.25, 0.3) is 0 Å². The summed E-state index contributed by atoms with van der Waals surface area (Å²) in [6.45, 7) is 0.0279. The van der Waals surface area contributed by atoms with Crippen molar-refractivity contribution >= 4 is 17.2 Å². The first-order chi connectivity index (χ1) is 12.4. The van der Waals surface area contributed by atoms with E-state index in [1.165, 1.54) is 11.3 Å². The van der Waals surface area contributed by atoms with Crippen LogP contribution in [0, 0.1) is 0 Å². The van der Waals surface area contributed by atoms with Gasteiger partial charge in [0, 0.05) is 12.1 Å². The topological polar surface area (TPSA) is 32.3 Å². The minimum absolute atomic E-state index is 0.00916. The summed E-state index contributed by atoms with van der Waals surface area (Å²) in [6, 6.07) is 2.38. The molecule has 1 heterocycles. The molecule has 148 valence electrons. The van der Waals surface area contributed by atoms with Crippen LogP contribution in [0.3, 0.4) is 0 Å². The lowest BCUT2D eigenvalue weighted by Crippen LogP contribution is -2.34. The number of thiophene rings is 1. The van der Waals surface area contributed by atoms with Crippen LogP contribution in [0.1, 0.15) is 33.1 Å². The Kier molecular flexibility index (Phi) is 6.21. The summed E-state index contributed by atoms with van der Waals surface area (Å²) in [4.78, 5) is 14.0. The third-order valence-corrected chi connectivity index (χ3v) is 4.56. The lowest BCUT2D eigenvalue weighted by Gasteiger charge is -2.24. The van der Waals surface area contributed by atoms with Gasteiger partial charge in [0.15, 0.2) is 0 Å². The van der Waals surface area contributed by atoms with Crippen LogP contribution in [0.4, 0.5) is 26.3 Å². The van der Waals surface area contributed by atoms with Crippen LogP contribution < -0.4 is 5.32 Å². The molecule has 1 atom stereocenters. The van der Waals surface area contributed by atoms with Gasteiger partial charge in [-0.05, 0) is 54.7 Å². The molecule has 10 heteroatoms. The molecule has 0 spiro atoms. The normalized spacial score (nSPS) is 13.7. The Morgan fingerprint density at radius 2 is 1.63 bits per heavy atom. The van der Waals surface area contributed by atoms with E-state index < -0.39 is 35.0 Å². The van der Waals surface area contributed by atoms with E-state index in [1.807, 2.05) is 16.8 Å². The molecule has 1 amide bonds. The van der Waals surface area contributed by atoms with E-state index in [1.54, 1.807) is 19.0 Å². The first-order valence-corrected chi connectivity index (χ1v) is 8.60. The average Bonchev–Trinajstić information content (AvgIpc) is 3.06. The molecule has 2 aromatic rings. The van der Waals surface area contributed by atoms with E-state index in [-0.39, 0.29) is 18.7 Å². The number of likely N-dealkylation sites (N-methyl/N-ethyl adjacent to an activating group) is 1. The second kappa shape index (κ2) is 7.89. The number of halogens is 6. The van der Waals surface area contributed by atoms with Gasteiger partial charge in [-0.3, -0.25) is 4.79 Å². The third kappa shape index (κ3) is 5.46. The van der Waals surface area contributed by atoms with Crippen molar-refractivity contribution in [2.24, 2.45) is 0 Å². The number of hydrogen-bond donors (Lipinski definition) is 1. The van der Waals surface area contributed by atoms with Gasteiger partial charge in [-0.1, -0.05) is 0 Å². The second-order valence-corrected chi connectivity index (χ2v) is 6.82. The molecule has 1 N–H and O–H groups in total. The zero-order valence-electron chi connectivity index (χ0n) is 14.3. The molecule has 0 aliphatic rings. The van der Waals surface area contributed by atoms with Crippen LogP contribution in [-0.4, -0.2) is 31.4 Å². The van der Waals surface area contributed by atoms with E-state index in [2.05, 4.69) is 5.32 Å². The lowest BCUT2D eigenvalue weighted by atomic mass is 10.0. The average molecular weight is 410 g/mol. The van der Waals surface area contributed by atoms with Crippen molar-refractivity contribution in [3.05, 3.63) is 57.3 Å². The molecule has 0 aliphatic heterocycles. The van der Waals surface area contributed by atoms with Crippen LogP contribution >= 0.6 is 11.3 Å². The largest absolute Gasteiger partial charge is 0.416 e. The first-order valence-electron chi connectivity index (χ1n) is 7.66. The van der Waals surface area contributed by atoms with Gasteiger partial charge < -0.3 is 10.2 Å². The molecular formula is C17H16F6N2OS. The van der Waals surface area contributed by atoms with Gasteiger partial charge in [0.1, 0.15) is 0 Å². The molecule has 2 rings (SSSR count). The Labute approximate surface area is 155 Å². The monoisotopic (exact) mass is 410 g/mol. The lowest BCUT2D eigenvalue weighted by molar-refractivity contribution is -0.143. The van der Waals surface area contributed by atoms with Gasteiger partial charge in [0.05, 0.1) is 17.2 Å². The summed E-state index contributed by atoms with van der Waals surface area (Å²) in [5.41, 5.74) is -2.86. The molecule has 0 fully saturated rings. The Hall–Kier alpha value is -2.07. The molecule has 1 unspecified atom stereocenters. The summed E-state index contributed by atoms with van der Waals surface area (Å²) in [7, 11) is 3.50. The number of nitrogens with one attached hydrogen (secondary N) is 1. The van der Waals surface area contributed by atoms with E-state index in [4.69, 9.17) is 0 Å². The summed E-state index contributed by atoms with van der Waals surface area (Å²) >= 11 is 1.44. The van der Waals surface area contributed by atoms with Gasteiger partial charge >= 0.3 is 12.4 Å². The molecule has 27 heavy (non-hydrogen) atoms. The fourth-order valence-electron chi connectivity index (χ4n) is 2.44. The van der Waals surface area contributed by atoms with Crippen molar-refractivity contribution in [2.75, 3.05) is 20.6 Å². The summed E-state index contributed by atoms with van der Waals surface area (Å²) in [5.74, 6) is -1.01. The fourth-order valence-corrected chi connectivity index (χ4v) is 3.15. The second-order valence-electron chi connectivity index (χ2n) is 6.04. The van der Waals surface area contributed by atoms with Crippen LogP contribution in [-0.2, 0) is 12.4 Å². The Bertz CT molecular complexity index is 751. The highest BCUT2D eigenvalue weighted by atomic mass is 32.1. The minimum Gasteiger partial charge on any atom is -0.350 e. The number of carbonyl (C=O) groups is 1.